The molecule has 3 N–H and O–H groups in total. The average molecular weight is 286 g/mol. The van der Waals surface area contributed by atoms with Crippen molar-refractivity contribution in [1.29, 1.82) is 0 Å². The van der Waals surface area contributed by atoms with Crippen LogP contribution >= 0.6 is 15.9 Å². The van der Waals surface area contributed by atoms with Gasteiger partial charge in [-0.2, -0.15) is 0 Å². The topological polar surface area (TPSA) is 68.0 Å². The Morgan fingerprint density at radius 2 is 2.25 bits per heavy atom. The lowest BCUT2D eigenvalue weighted by atomic mass is 9.93. The van der Waals surface area contributed by atoms with Gasteiger partial charge in [0.15, 0.2) is 0 Å². The van der Waals surface area contributed by atoms with E-state index >= 15 is 0 Å². The van der Waals surface area contributed by atoms with Gasteiger partial charge in [-0.3, -0.25) is 4.79 Å². The summed E-state index contributed by atoms with van der Waals surface area (Å²) in [5.74, 6) is 0.401. The van der Waals surface area contributed by atoms with Gasteiger partial charge in [-0.05, 0) is 48.3 Å². The second-order valence-corrected chi connectivity index (χ2v) is 5.19. The zero-order chi connectivity index (χ0) is 12.3. The summed E-state index contributed by atoms with van der Waals surface area (Å²) in [4.78, 5) is 15.3. The molecular weight excluding hydrogens is 270 g/mol. The highest BCUT2D eigenvalue weighted by atomic mass is 79.9. The number of amides is 1. The summed E-state index contributed by atoms with van der Waals surface area (Å²) in [5.41, 5.74) is 5.79. The number of rotatable bonds is 4. The number of nitrogens with zero attached hydrogens (tertiary/aromatic N) is 1. The summed E-state index contributed by atoms with van der Waals surface area (Å²) in [7, 11) is 0. The Kier molecular flexibility index (Phi) is 3.91. The van der Waals surface area contributed by atoms with Crippen LogP contribution in [0.25, 0.3) is 0 Å². The molecule has 1 heterocycles. The molecule has 1 rings (SSSR count). The molecule has 0 aliphatic heterocycles. The third-order valence-corrected chi connectivity index (χ3v) is 3.45. The lowest BCUT2D eigenvalue weighted by molar-refractivity contribution is -0.125. The Bertz CT molecular complexity index is 404. The van der Waals surface area contributed by atoms with Crippen LogP contribution in [0.15, 0.2) is 16.7 Å². The highest BCUT2D eigenvalue weighted by Gasteiger charge is 2.24. The van der Waals surface area contributed by atoms with Gasteiger partial charge in [0.05, 0.1) is 9.89 Å². The van der Waals surface area contributed by atoms with Crippen molar-refractivity contribution in [3.63, 3.8) is 0 Å². The van der Waals surface area contributed by atoms with E-state index in [1.54, 1.807) is 20.0 Å². The van der Waals surface area contributed by atoms with Gasteiger partial charge in [-0.25, -0.2) is 4.98 Å². The summed E-state index contributed by atoms with van der Waals surface area (Å²) < 4.78 is 0.912. The maximum absolute atomic E-state index is 11.1. The average Bonchev–Trinajstić information content (AvgIpc) is 2.20. The van der Waals surface area contributed by atoms with Crippen molar-refractivity contribution in [2.24, 2.45) is 11.1 Å². The predicted molar refractivity (Wildman–Crippen MR) is 68.1 cm³/mol. The number of aromatic nitrogens is 1. The number of nitrogens with two attached hydrogens (primary N) is 1. The van der Waals surface area contributed by atoms with Crippen LogP contribution in [0, 0.1) is 12.3 Å². The molecule has 5 heteroatoms. The number of pyridine rings is 1. The second-order valence-electron chi connectivity index (χ2n) is 4.39. The van der Waals surface area contributed by atoms with Crippen LogP contribution in [0.3, 0.4) is 0 Å². The van der Waals surface area contributed by atoms with Crippen LogP contribution < -0.4 is 11.1 Å². The maximum Gasteiger partial charge on any atom is 0.224 e. The first-order chi connectivity index (χ1) is 7.34. The van der Waals surface area contributed by atoms with Crippen molar-refractivity contribution in [2.45, 2.75) is 20.8 Å². The van der Waals surface area contributed by atoms with Crippen LogP contribution in [0.4, 0.5) is 5.82 Å². The van der Waals surface area contributed by atoms with Crippen molar-refractivity contribution in [3.8, 4) is 0 Å². The number of primary amides is 1. The third-order valence-electron chi connectivity index (χ3n) is 2.45. The van der Waals surface area contributed by atoms with Crippen LogP contribution in [-0.2, 0) is 4.79 Å². The van der Waals surface area contributed by atoms with E-state index in [0.717, 1.165) is 15.9 Å². The molecule has 0 bridgehead atoms. The molecule has 0 aromatic carbocycles. The minimum Gasteiger partial charge on any atom is -0.369 e. The summed E-state index contributed by atoms with van der Waals surface area (Å²) in [6.45, 7) is 6.03. The van der Waals surface area contributed by atoms with E-state index in [1.165, 1.54) is 0 Å². The molecule has 0 unspecified atom stereocenters. The smallest absolute Gasteiger partial charge is 0.224 e. The van der Waals surface area contributed by atoms with Gasteiger partial charge < -0.3 is 11.1 Å². The van der Waals surface area contributed by atoms with Crippen molar-refractivity contribution in [2.75, 3.05) is 11.9 Å². The standard InChI is InChI=1S/C11H16BrN3O/c1-7-4-5-14-9(8(7)12)15-6-11(2,3)10(13)16/h4-5H,6H2,1-3H3,(H2,13,16)(H,14,15). The van der Waals surface area contributed by atoms with Crippen LogP contribution in [0.1, 0.15) is 19.4 Å². The molecular formula is C11H16BrN3O. The number of carbonyl (C=O) groups is 1. The zero-order valence-corrected chi connectivity index (χ0v) is 11.3. The van der Waals surface area contributed by atoms with Crippen molar-refractivity contribution in [3.05, 3.63) is 22.3 Å². The fourth-order valence-corrected chi connectivity index (χ4v) is 1.43. The Balaban J connectivity index is 2.76. The first kappa shape index (κ1) is 13.0. The van der Waals surface area contributed by atoms with Crippen molar-refractivity contribution < 1.29 is 4.79 Å². The number of hydrogen-bond acceptors (Lipinski definition) is 3. The molecule has 0 saturated heterocycles. The SMILES string of the molecule is Cc1ccnc(NCC(C)(C)C(N)=O)c1Br. The molecule has 16 heavy (non-hydrogen) atoms. The number of carbonyl (C=O) groups excluding carboxylic acids is 1. The normalized spacial score (nSPS) is 11.2. The van der Waals surface area contributed by atoms with E-state index in [2.05, 4.69) is 26.2 Å². The molecule has 1 aromatic rings. The molecule has 0 aliphatic rings. The molecule has 0 atom stereocenters. The van der Waals surface area contributed by atoms with E-state index in [4.69, 9.17) is 5.73 Å². The summed E-state index contributed by atoms with van der Waals surface area (Å²) in [6.07, 6.45) is 1.72. The molecule has 0 radical (unpaired) electrons. The number of hydrogen-bond donors (Lipinski definition) is 2. The van der Waals surface area contributed by atoms with Gasteiger partial charge in [0.2, 0.25) is 5.91 Å². The lowest BCUT2D eigenvalue weighted by Gasteiger charge is -2.21. The summed E-state index contributed by atoms with van der Waals surface area (Å²) >= 11 is 3.44. The van der Waals surface area contributed by atoms with Crippen LogP contribution in [-0.4, -0.2) is 17.4 Å². The first-order valence-corrected chi connectivity index (χ1v) is 5.79. The van der Waals surface area contributed by atoms with E-state index in [-0.39, 0.29) is 5.91 Å². The first-order valence-electron chi connectivity index (χ1n) is 4.99. The predicted octanol–water partition coefficient (Wildman–Crippen LogP) is 2.08. The van der Waals surface area contributed by atoms with Crippen molar-refractivity contribution >= 4 is 27.7 Å². The zero-order valence-electron chi connectivity index (χ0n) is 9.67. The number of anilines is 1. The number of aryl methyl sites for hydroxylation is 1. The molecule has 0 spiro atoms. The molecule has 0 aliphatic carbocycles. The fourth-order valence-electron chi connectivity index (χ4n) is 1.06. The van der Waals surface area contributed by atoms with E-state index in [9.17, 15) is 4.79 Å². The Morgan fingerprint density at radius 3 is 2.81 bits per heavy atom. The Morgan fingerprint density at radius 1 is 1.62 bits per heavy atom. The Labute approximate surface area is 104 Å². The van der Waals surface area contributed by atoms with Gasteiger partial charge >= 0.3 is 0 Å². The second kappa shape index (κ2) is 4.82. The van der Waals surface area contributed by atoms with E-state index in [1.807, 2.05) is 13.0 Å². The molecule has 1 aromatic heterocycles. The molecule has 1 amide bonds. The number of halogens is 1. The maximum atomic E-state index is 11.1. The highest BCUT2D eigenvalue weighted by molar-refractivity contribution is 9.10. The fraction of sp³-hybridized carbons (Fsp3) is 0.455. The van der Waals surface area contributed by atoms with Crippen molar-refractivity contribution in [1.82, 2.24) is 4.98 Å². The lowest BCUT2D eigenvalue weighted by Crippen LogP contribution is -2.37. The monoisotopic (exact) mass is 285 g/mol. The summed E-state index contributed by atoms with van der Waals surface area (Å²) in [5, 5.41) is 3.12. The van der Waals surface area contributed by atoms with Gasteiger partial charge in [-0.15, -0.1) is 0 Å². The summed E-state index contributed by atoms with van der Waals surface area (Å²) in [6, 6.07) is 1.91. The molecule has 4 nitrogen and oxygen atoms in total. The van der Waals surface area contributed by atoms with Gasteiger partial charge in [0, 0.05) is 12.7 Å². The van der Waals surface area contributed by atoms with Gasteiger partial charge in [-0.1, -0.05) is 0 Å². The van der Waals surface area contributed by atoms with E-state index < -0.39 is 5.41 Å². The largest absolute Gasteiger partial charge is 0.369 e. The van der Waals surface area contributed by atoms with Crippen LogP contribution in [0.5, 0.6) is 0 Å². The van der Waals surface area contributed by atoms with Crippen LogP contribution in [0.2, 0.25) is 0 Å². The molecule has 0 saturated carbocycles. The minimum absolute atomic E-state index is 0.330. The third kappa shape index (κ3) is 2.95. The van der Waals surface area contributed by atoms with Gasteiger partial charge in [0.25, 0.3) is 0 Å². The minimum atomic E-state index is -0.592. The van der Waals surface area contributed by atoms with Gasteiger partial charge in [0.1, 0.15) is 5.82 Å². The van der Waals surface area contributed by atoms with E-state index in [0.29, 0.717) is 6.54 Å². The molecule has 88 valence electrons. The quantitative estimate of drug-likeness (QED) is 0.890. The number of nitrogens with one attached hydrogen (secondary N) is 1. The molecule has 0 fully saturated rings. The Hall–Kier alpha value is -1.10. The highest BCUT2D eigenvalue weighted by Crippen LogP contribution is 2.24.